The molecular weight excluding hydrogens is 356 g/mol. The van der Waals surface area contributed by atoms with Gasteiger partial charge in [-0.25, -0.2) is 9.97 Å². The summed E-state index contributed by atoms with van der Waals surface area (Å²) in [6.45, 7) is 3.84. The maximum Gasteiger partial charge on any atom is 0.267 e. The fourth-order valence-electron chi connectivity index (χ4n) is 2.97. The van der Waals surface area contributed by atoms with E-state index in [1.807, 2.05) is 68.4 Å². The second kappa shape index (κ2) is 6.81. The molecule has 0 fully saturated rings. The van der Waals surface area contributed by atoms with Gasteiger partial charge in [0.15, 0.2) is 5.82 Å². The third kappa shape index (κ3) is 3.15. The van der Waals surface area contributed by atoms with E-state index < -0.39 is 0 Å². The molecule has 3 N–H and O–H groups in total. The van der Waals surface area contributed by atoms with Gasteiger partial charge in [0.25, 0.3) is 5.91 Å². The lowest BCUT2D eigenvalue weighted by molar-refractivity contribution is 0.103. The molecule has 1 amide bonds. The van der Waals surface area contributed by atoms with Crippen molar-refractivity contribution in [1.82, 2.24) is 9.97 Å². The van der Waals surface area contributed by atoms with Crippen molar-refractivity contribution >= 4 is 38.8 Å². The third-order valence-corrected chi connectivity index (χ3v) is 5.50. The van der Waals surface area contributed by atoms with E-state index in [2.05, 4.69) is 15.3 Å². The van der Waals surface area contributed by atoms with Crippen molar-refractivity contribution in [3.8, 4) is 11.4 Å². The Morgan fingerprint density at radius 3 is 2.44 bits per heavy atom. The number of para-hydroxylation sites is 1. The standard InChI is InChI=1S/C21H18N4OS/c1-12-8-6-7-11-15(12)24-20(26)18-17(22)16-13(2)23-19(25-21(16)27-18)14-9-4-3-5-10-14/h3-11H,22H2,1-2H3,(H,24,26). The highest BCUT2D eigenvalue weighted by atomic mass is 32.1. The number of carbonyl (C=O) groups excluding carboxylic acids is 1. The molecule has 0 saturated heterocycles. The highest BCUT2D eigenvalue weighted by molar-refractivity contribution is 7.21. The van der Waals surface area contributed by atoms with Gasteiger partial charge < -0.3 is 11.1 Å². The smallest absolute Gasteiger partial charge is 0.267 e. The van der Waals surface area contributed by atoms with Crippen LogP contribution in [0.3, 0.4) is 0 Å². The molecule has 0 saturated carbocycles. The lowest BCUT2D eigenvalue weighted by atomic mass is 10.2. The highest BCUT2D eigenvalue weighted by Crippen LogP contribution is 2.36. The lowest BCUT2D eigenvalue weighted by Crippen LogP contribution is -2.12. The molecule has 0 unspecified atom stereocenters. The van der Waals surface area contributed by atoms with Crippen molar-refractivity contribution < 1.29 is 4.79 Å². The zero-order valence-electron chi connectivity index (χ0n) is 15.0. The highest BCUT2D eigenvalue weighted by Gasteiger charge is 2.20. The fourth-order valence-corrected chi connectivity index (χ4v) is 4.01. The van der Waals surface area contributed by atoms with E-state index in [4.69, 9.17) is 5.73 Å². The molecule has 2 aromatic carbocycles. The minimum atomic E-state index is -0.231. The number of thiophene rings is 1. The Kier molecular flexibility index (Phi) is 4.33. The van der Waals surface area contributed by atoms with Gasteiger partial charge in [-0.1, -0.05) is 48.5 Å². The first-order valence-corrected chi connectivity index (χ1v) is 9.35. The van der Waals surface area contributed by atoms with E-state index in [0.717, 1.165) is 27.9 Å². The average molecular weight is 374 g/mol. The Bertz CT molecular complexity index is 1150. The van der Waals surface area contributed by atoms with E-state index >= 15 is 0 Å². The summed E-state index contributed by atoms with van der Waals surface area (Å²) in [5.74, 6) is 0.401. The third-order valence-electron chi connectivity index (χ3n) is 4.40. The Morgan fingerprint density at radius 2 is 1.70 bits per heavy atom. The number of anilines is 2. The van der Waals surface area contributed by atoms with Crippen LogP contribution in [0.2, 0.25) is 0 Å². The van der Waals surface area contributed by atoms with E-state index in [1.165, 1.54) is 11.3 Å². The zero-order chi connectivity index (χ0) is 19.0. The number of nitrogens with two attached hydrogens (primary N) is 1. The lowest BCUT2D eigenvalue weighted by Gasteiger charge is -2.07. The van der Waals surface area contributed by atoms with Gasteiger partial charge in [-0.15, -0.1) is 11.3 Å². The van der Waals surface area contributed by atoms with Crippen molar-refractivity contribution in [3.63, 3.8) is 0 Å². The van der Waals surface area contributed by atoms with Gasteiger partial charge >= 0.3 is 0 Å². The number of benzene rings is 2. The number of nitrogen functional groups attached to an aromatic ring is 1. The molecule has 0 bridgehead atoms. The molecule has 2 aromatic heterocycles. The predicted molar refractivity (Wildman–Crippen MR) is 111 cm³/mol. The minimum absolute atomic E-state index is 0.231. The second-order valence-electron chi connectivity index (χ2n) is 6.29. The summed E-state index contributed by atoms with van der Waals surface area (Å²) in [4.78, 5) is 23.2. The molecular formula is C21H18N4OS. The molecule has 4 rings (SSSR count). The molecule has 0 aliphatic carbocycles. The zero-order valence-corrected chi connectivity index (χ0v) is 15.8. The number of nitrogens with zero attached hydrogens (tertiary/aromatic N) is 2. The summed E-state index contributed by atoms with van der Waals surface area (Å²) in [6.07, 6.45) is 0. The first-order chi connectivity index (χ1) is 13.0. The van der Waals surface area contributed by atoms with Crippen LogP contribution in [0.4, 0.5) is 11.4 Å². The molecule has 0 aliphatic rings. The van der Waals surface area contributed by atoms with Gasteiger partial charge in [-0.05, 0) is 25.5 Å². The maximum atomic E-state index is 12.8. The number of hydrogen-bond acceptors (Lipinski definition) is 5. The summed E-state index contributed by atoms with van der Waals surface area (Å²) in [7, 11) is 0. The van der Waals surface area contributed by atoms with Crippen LogP contribution in [0.5, 0.6) is 0 Å². The normalized spacial score (nSPS) is 10.9. The first-order valence-electron chi connectivity index (χ1n) is 8.53. The van der Waals surface area contributed by atoms with E-state index in [9.17, 15) is 4.79 Å². The van der Waals surface area contributed by atoms with Crippen LogP contribution in [0, 0.1) is 13.8 Å². The number of carbonyl (C=O) groups is 1. The Morgan fingerprint density at radius 1 is 1.00 bits per heavy atom. The molecule has 0 radical (unpaired) electrons. The van der Waals surface area contributed by atoms with Crippen molar-refractivity contribution in [2.45, 2.75) is 13.8 Å². The van der Waals surface area contributed by atoms with Gasteiger partial charge in [0.2, 0.25) is 0 Å². The first kappa shape index (κ1) is 17.2. The molecule has 0 aliphatic heterocycles. The van der Waals surface area contributed by atoms with Gasteiger partial charge in [0, 0.05) is 11.3 Å². The summed E-state index contributed by atoms with van der Waals surface area (Å²) >= 11 is 1.29. The van der Waals surface area contributed by atoms with Crippen LogP contribution < -0.4 is 11.1 Å². The van der Waals surface area contributed by atoms with Gasteiger partial charge in [0.1, 0.15) is 9.71 Å². The van der Waals surface area contributed by atoms with Crippen LogP contribution in [-0.2, 0) is 0 Å². The van der Waals surface area contributed by atoms with Crippen LogP contribution in [-0.4, -0.2) is 15.9 Å². The molecule has 27 heavy (non-hydrogen) atoms. The van der Waals surface area contributed by atoms with Crippen LogP contribution >= 0.6 is 11.3 Å². The SMILES string of the molecule is Cc1ccccc1NC(=O)c1sc2nc(-c3ccccc3)nc(C)c2c1N. The number of amides is 1. The Balaban J connectivity index is 1.76. The molecule has 0 spiro atoms. The van der Waals surface area contributed by atoms with Crippen molar-refractivity contribution in [2.75, 3.05) is 11.1 Å². The van der Waals surface area contributed by atoms with E-state index in [1.54, 1.807) is 0 Å². The molecule has 6 heteroatoms. The summed E-state index contributed by atoms with van der Waals surface area (Å²) in [6, 6.07) is 17.4. The van der Waals surface area contributed by atoms with Gasteiger partial charge in [-0.2, -0.15) is 0 Å². The van der Waals surface area contributed by atoms with Crippen LogP contribution in [0.25, 0.3) is 21.6 Å². The van der Waals surface area contributed by atoms with Gasteiger partial charge in [-0.3, -0.25) is 4.79 Å². The number of hydrogen-bond donors (Lipinski definition) is 2. The Labute approximate surface area is 160 Å². The molecule has 0 atom stereocenters. The fraction of sp³-hybridized carbons (Fsp3) is 0.0952. The van der Waals surface area contributed by atoms with Gasteiger partial charge in [0.05, 0.1) is 16.8 Å². The van der Waals surface area contributed by atoms with Crippen LogP contribution in [0.1, 0.15) is 20.9 Å². The second-order valence-corrected chi connectivity index (χ2v) is 7.29. The molecule has 134 valence electrons. The maximum absolute atomic E-state index is 12.8. The number of aromatic nitrogens is 2. The van der Waals surface area contributed by atoms with Crippen LogP contribution in [0.15, 0.2) is 54.6 Å². The topological polar surface area (TPSA) is 80.9 Å². The number of nitrogens with one attached hydrogen (secondary N) is 1. The quantitative estimate of drug-likeness (QED) is 0.539. The Hall–Kier alpha value is -3.25. The van der Waals surface area contributed by atoms with Crippen molar-refractivity contribution in [2.24, 2.45) is 0 Å². The van der Waals surface area contributed by atoms with Crippen molar-refractivity contribution in [3.05, 3.63) is 70.7 Å². The van der Waals surface area contributed by atoms with E-state index in [-0.39, 0.29) is 5.91 Å². The monoisotopic (exact) mass is 374 g/mol. The molecule has 2 heterocycles. The summed E-state index contributed by atoms with van der Waals surface area (Å²) < 4.78 is 0. The minimum Gasteiger partial charge on any atom is -0.397 e. The predicted octanol–water partition coefficient (Wildman–Crippen LogP) is 4.81. The number of rotatable bonds is 3. The van der Waals surface area contributed by atoms with Crippen molar-refractivity contribution in [1.29, 1.82) is 0 Å². The van der Waals surface area contributed by atoms with E-state index in [0.29, 0.717) is 21.2 Å². The average Bonchev–Trinajstić information content (AvgIpc) is 3.01. The molecule has 5 nitrogen and oxygen atoms in total. The summed E-state index contributed by atoms with van der Waals surface area (Å²) in [5.41, 5.74) is 10.2. The number of fused-ring (bicyclic) bond motifs is 1. The largest absolute Gasteiger partial charge is 0.397 e. The summed E-state index contributed by atoms with van der Waals surface area (Å²) in [5, 5.41) is 3.68. The molecule has 4 aromatic rings. The number of aryl methyl sites for hydroxylation is 2.